The van der Waals surface area contributed by atoms with E-state index in [4.69, 9.17) is 5.11 Å². The van der Waals surface area contributed by atoms with E-state index < -0.39 is 39.2 Å². The number of carboxylic acid groups (broad SMARTS) is 1. The topological polar surface area (TPSA) is 63.3 Å². The van der Waals surface area contributed by atoms with Crippen molar-refractivity contribution in [3.05, 3.63) is 39.8 Å². The number of benzene rings is 1. The molecule has 1 N–H and O–H groups in total. The fourth-order valence-electron chi connectivity index (χ4n) is 1.26. The van der Waals surface area contributed by atoms with Gasteiger partial charge in [0, 0.05) is 11.6 Å². The van der Waals surface area contributed by atoms with Crippen molar-refractivity contribution < 1.29 is 27.6 Å². The SMILES string of the molecule is O=C(O)c1cc(-c2cc(F)c(F)c(Br)c2F)no1. The largest absolute Gasteiger partial charge is 0.475 e. The summed E-state index contributed by atoms with van der Waals surface area (Å²) in [4.78, 5) is 10.5. The molecule has 2 aromatic rings. The highest BCUT2D eigenvalue weighted by atomic mass is 79.9. The molecule has 1 aromatic carbocycles. The van der Waals surface area contributed by atoms with Crippen LogP contribution in [0.2, 0.25) is 0 Å². The predicted octanol–water partition coefficient (Wildman–Crippen LogP) is 3.22. The van der Waals surface area contributed by atoms with Gasteiger partial charge in [0.15, 0.2) is 11.6 Å². The molecule has 0 atom stereocenters. The molecule has 1 heterocycles. The molecule has 4 nitrogen and oxygen atoms in total. The third-order valence-electron chi connectivity index (χ3n) is 2.10. The van der Waals surface area contributed by atoms with Crippen molar-refractivity contribution in [2.24, 2.45) is 0 Å². The Labute approximate surface area is 106 Å². The van der Waals surface area contributed by atoms with Crippen LogP contribution in [0.25, 0.3) is 11.3 Å². The van der Waals surface area contributed by atoms with Crippen molar-refractivity contribution >= 4 is 21.9 Å². The molecule has 1 aromatic heterocycles. The van der Waals surface area contributed by atoms with E-state index in [1.54, 1.807) is 0 Å². The van der Waals surface area contributed by atoms with Gasteiger partial charge in [-0.15, -0.1) is 0 Å². The lowest BCUT2D eigenvalue weighted by molar-refractivity contribution is 0.0652. The predicted molar refractivity (Wildman–Crippen MR) is 56.5 cm³/mol. The molecular weight excluding hydrogens is 319 g/mol. The van der Waals surface area contributed by atoms with Crippen LogP contribution >= 0.6 is 15.9 Å². The van der Waals surface area contributed by atoms with Crippen LogP contribution in [-0.2, 0) is 0 Å². The van der Waals surface area contributed by atoms with Crippen LogP contribution in [-0.4, -0.2) is 16.2 Å². The molecule has 0 aliphatic rings. The molecule has 0 spiro atoms. The van der Waals surface area contributed by atoms with Gasteiger partial charge < -0.3 is 9.63 Å². The maximum atomic E-state index is 13.7. The highest BCUT2D eigenvalue weighted by Crippen LogP contribution is 2.31. The lowest BCUT2D eigenvalue weighted by atomic mass is 10.1. The van der Waals surface area contributed by atoms with E-state index in [1.165, 1.54) is 0 Å². The van der Waals surface area contributed by atoms with Crippen molar-refractivity contribution in [2.75, 3.05) is 0 Å². The smallest absolute Gasteiger partial charge is 0.374 e. The van der Waals surface area contributed by atoms with E-state index in [0.29, 0.717) is 6.07 Å². The third kappa shape index (κ3) is 1.99. The number of hydrogen-bond donors (Lipinski definition) is 1. The summed E-state index contributed by atoms with van der Waals surface area (Å²) < 4.78 is 43.5. The summed E-state index contributed by atoms with van der Waals surface area (Å²) in [5.41, 5.74) is -0.651. The number of aromatic nitrogens is 1. The zero-order chi connectivity index (χ0) is 13.4. The minimum Gasteiger partial charge on any atom is -0.475 e. The third-order valence-corrected chi connectivity index (χ3v) is 2.80. The molecule has 0 fully saturated rings. The second-order valence-electron chi connectivity index (χ2n) is 3.23. The Balaban J connectivity index is 2.60. The van der Waals surface area contributed by atoms with Crippen molar-refractivity contribution in [3.8, 4) is 11.3 Å². The minimum atomic E-state index is -1.41. The highest BCUT2D eigenvalue weighted by Gasteiger charge is 2.21. The molecule has 2 rings (SSSR count). The first-order valence-electron chi connectivity index (χ1n) is 4.45. The molecule has 0 radical (unpaired) electrons. The zero-order valence-corrected chi connectivity index (χ0v) is 9.96. The normalized spacial score (nSPS) is 10.7. The van der Waals surface area contributed by atoms with Gasteiger partial charge in [0.1, 0.15) is 11.5 Å². The average Bonchev–Trinajstić information content (AvgIpc) is 2.80. The molecule has 0 aliphatic carbocycles. The van der Waals surface area contributed by atoms with E-state index in [-0.39, 0.29) is 5.69 Å². The monoisotopic (exact) mass is 321 g/mol. The van der Waals surface area contributed by atoms with Gasteiger partial charge in [-0.2, -0.15) is 0 Å². The van der Waals surface area contributed by atoms with Gasteiger partial charge in [-0.25, -0.2) is 18.0 Å². The van der Waals surface area contributed by atoms with Crippen LogP contribution in [0.3, 0.4) is 0 Å². The maximum absolute atomic E-state index is 13.7. The maximum Gasteiger partial charge on any atom is 0.374 e. The molecule has 0 bridgehead atoms. The highest BCUT2D eigenvalue weighted by molar-refractivity contribution is 9.10. The Hall–Kier alpha value is -1.83. The minimum absolute atomic E-state index is 0.246. The van der Waals surface area contributed by atoms with E-state index in [1.807, 2.05) is 0 Å². The van der Waals surface area contributed by atoms with Crippen LogP contribution < -0.4 is 0 Å². The Bertz CT molecular complexity index is 642. The van der Waals surface area contributed by atoms with Crippen molar-refractivity contribution in [2.45, 2.75) is 0 Å². The number of carboxylic acids is 1. The Morgan fingerprint density at radius 2 is 1.94 bits per heavy atom. The van der Waals surface area contributed by atoms with Gasteiger partial charge >= 0.3 is 5.97 Å². The molecule has 0 saturated carbocycles. The summed E-state index contributed by atoms with van der Waals surface area (Å²) in [5.74, 6) is -5.71. The van der Waals surface area contributed by atoms with Gasteiger partial charge in [0.2, 0.25) is 5.76 Å². The number of nitrogens with zero attached hydrogens (tertiary/aromatic N) is 1. The quantitative estimate of drug-likeness (QED) is 0.681. The van der Waals surface area contributed by atoms with Gasteiger partial charge in [-0.1, -0.05) is 5.16 Å². The summed E-state index contributed by atoms with van der Waals surface area (Å²) in [6, 6.07) is 1.48. The molecule has 94 valence electrons. The van der Waals surface area contributed by atoms with E-state index in [2.05, 4.69) is 25.6 Å². The molecule has 8 heteroatoms. The average molecular weight is 322 g/mol. The van der Waals surface area contributed by atoms with Crippen LogP contribution in [0.1, 0.15) is 10.6 Å². The second kappa shape index (κ2) is 4.45. The number of rotatable bonds is 2. The van der Waals surface area contributed by atoms with Gasteiger partial charge in [-0.05, 0) is 22.0 Å². The first kappa shape index (κ1) is 12.6. The van der Waals surface area contributed by atoms with Crippen molar-refractivity contribution in [1.82, 2.24) is 5.16 Å². The first-order valence-corrected chi connectivity index (χ1v) is 5.24. The van der Waals surface area contributed by atoms with E-state index >= 15 is 0 Å². The molecule has 0 aliphatic heterocycles. The fourth-order valence-corrected chi connectivity index (χ4v) is 1.67. The molecule has 0 amide bonds. The van der Waals surface area contributed by atoms with Crippen molar-refractivity contribution in [3.63, 3.8) is 0 Å². The molecular formula is C10H3BrF3NO3. The molecule has 0 saturated heterocycles. The zero-order valence-electron chi connectivity index (χ0n) is 8.38. The summed E-state index contributed by atoms with van der Waals surface area (Å²) in [7, 11) is 0. The summed E-state index contributed by atoms with van der Waals surface area (Å²) in [6.07, 6.45) is 0. The standard InChI is InChI=1S/C10H3BrF3NO3/c11-7-8(13)3(1-4(12)9(7)14)5-2-6(10(16)17)18-15-5/h1-2H,(H,16,17). The van der Waals surface area contributed by atoms with Crippen LogP contribution in [0.5, 0.6) is 0 Å². The Kier molecular flexibility index (Phi) is 3.12. The summed E-state index contributed by atoms with van der Waals surface area (Å²) in [5, 5.41) is 11.9. The van der Waals surface area contributed by atoms with Crippen molar-refractivity contribution in [1.29, 1.82) is 0 Å². The van der Waals surface area contributed by atoms with Crippen LogP contribution in [0.4, 0.5) is 13.2 Å². The van der Waals surface area contributed by atoms with Gasteiger partial charge in [0.25, 0.3) is 0 Å². The fraction of sp³-hybridized carbons (Fsp3) is 0. The van der Waals surface area contributed by atoms with Crippen LogP contribution in [0.15, 0.2) is 21.1 Å². The van der Waals surface area contributed by atoms with E-state index in [0.717, 1.165) is 6.07 Å². The summed E-state index contributed by atoms with van der Waals surface area (Å²) >= 11 is 2.55. The lowest BCUT2D eigenvalue weighted by Gasteiger charge is -2.03. The van der Waals surface area contributed by atoms with E-state index in [9.17, 15) is 18.0 Å². The molecule has 18 heavy (non-hydrogen) atoms. The number of aromatic carboxylic acids is 1. The van der Waals surface area contributed by atoms with Crippen LogP contribution in [0, 0.1) is 17.5 Å². The Morgan fingerprint density at radius 1 is 1.28 bits per heavy atom. The second-order valence-corrected chi connectivity index (χ2v) is 4.02. The Morgan fingerprint density at radius 3 is 2.50 bits per heavy atom. The summed E-state index contributed by atoms with van der Waals surface area (Å²) in [6.45, 7) is 0. The first-order chi connectivity index (χ1) is 8.41. The lowest BCUT2D eigenvalue weighted by Crippen LogP contribution is -1.95. The number of hydrogen-bond acceptors (Lipinski definition) is 3. The molecule has 0 unspecified atom stereocenters. The number of carbonyl (C=O) groups is 1. The van der Waals surface area contributed by atoms with Gasteiger partial charge in [-0.3, -0.25) is 0 Å². The number of halogens is 4. The van der Waals surface area contributed by atoms with Gasteiger partial charge in [0.05, 0.1) is 4.47 Å².